The number of fused-ring (bicyclic) bond motifs is 1. The minimum atomic E-state index is 0.600. The molecule has 0 amide bonds. The molecule has 0 aliphatic carbocycles. The zero-order chi connectivity index (χ0) is 13.9. The minimum absolute atomic E-state index is 0.600. The Morgan fingerprint density at radius 1 is 1.35 bits per heavy atom. The first kappa shape index (κ1) is 13.6. The van der Waals surface area contributed by atoms with Gasteiger partial charge in [-0.1, -0.05) is 13.8 Å². The number of nitrogens with zero attached hydrogens (tertiary/aromatic N) is 3. The van der Waals surface area contributed by atoms with Crippen molar-refractivity contribution in [3.05, 3.63) is 24.2 Å². The number of ether oxygens (including phenoxy) is 1. The van der Waals surface area contributed by atoms with Crippen molar-refractivity contribution in [1.82, 2.24) is 14.5 Å². The Balaban J connectivity index is 1.91. The number of aromatic nitrogens is 3. The number of imidazole rings is 1. The van der Waals surface area contributed by atoms with E-state index < -0.39 is 0 Å². The van der Waals surface area contributed by atoms with E-state index in [1.54, 1.807) is 0 Å². The molecule has 1 aliphatic heterocycles. The summed E-state index contributed by atoms with van der Waals surface area (Å²) in [5, 5.41) is 0. The van der Waals surface area contributed by atoms with Crippen LogP contribution >= 0.6 is 0 Å². The molecule has 4 nitrogen and oxygen atoms in total. The van der Waals surface area contributed by atoms with Gasteiger partial charge in [-0.05, 0) is 36.8 Å². The summed E-state index contributed by atoms with van der Waals surface area (Å²) >= 11 is 0. The van der Waals surface area contributed by atoms with Crippen molar-refractivity contribution < 1.29 is 4.74 Å². The standard InChI is InChI=1S/C16H23N3O/c1-12(2)11-19-15(10-13-5-8-20-9-6-13)18-14-4-3-7-17-16(14)19/h3-4,7,12-13H,5-6,8-11H2,1-2H3. The fourth-order valence-corrected chi connectivity index (χ4v) is 2.93. The zero-order valence-corrected chi connectivity index (χ0v) is 12.4. The molecule has 0 radical (unpaired) electrons. The monoisotopic (exact) mass is 273 g/mol. The molecule has 0 spiro atoms. The highest BCUT2D eigenvalue weighted by molar-refractivity contribution is 5.71. The van der Waals surface area contributed by atoms with E-state index in [0.717, 1.165) is 50.2 Å². The lowest BCUT2D eigenvalue weighted by Crippen LogP contribution is -2.20. The van der Waals surface area contributed by atoms with Crippen LogP contribution in [0.15, 0.2) is 18.3 Å². The largest absolute Gasteiger partial charge is 0.381 e. The van der Waals surface area contributed by atoms with Crippen LogP contribution in [0.5, 0.6) is 0 Å². The second-order valence-electron chi connectivity index (χ2n) is 6.14. The van der Waals surface area contributed by atoms with Gasteiger partial charge < -0.3 is 9.30 Å². The van der Waals surface area contributed by atoms with Crippen molar-refractivity contribution in [2.24, 2.45) is 11.8 Å². The molecular weight excluding hydrogens is 250 g/mol. The van der Waals surface area contributed by atoms with Gasteiger partial charge >= 0.3 is 0 Å². The minimum Gasteiger partial charge on any atom is -0.381 e. The molecule has 1 aliphatic rings. The van der Waals surface area contributed by atoms with Gasteiger partial charge in [-0.15, -0.1) is 0 Å². The Labute approximate surface area is 120 Å². The second-order valence-corrected chi connectivity index (χ2v) is 6.14. The third-order valence-electron chi connectivity index (χ3n) is 3.94. The summed E-state index contributed by atoms with van der Waals surface area (Å²) in [5.41, 5.74) is 2.05. The Bertz CT molecular complexity index is 570. The van der Waals surface area contributed by atoms with Crippen molar-refractivity contribution in [1.29, 1.82) is 0 Å². The molecule has 2 aromatic heterocycles. The summed E-state index contributed by atoms with van der Waals surface area (Å²) < 4.78 is 7.77. The van der Waals surface area contributed by atoms with Crippen LogP contribution in [0.3, 0.4) is 0 Å². The SMILES string of the molecule is CC(C)Cn1c(CC2CCOCC2)nc2cccnc21. The van der Waals surface area contributed by atoms with Gasteiger partial charge in [-0.2, -0.15) is 0 Å². The van der Waals surface area contributed by atoms with Gasteiger partial charge in [-0.25, -0.2) is 9.97 Å². The topological polar surface area (TPSA) is 39.9 Å². The third-order valence-corrected chi connectivity index (χ3v) is 3.94. The van der Waals surface area contributed by atoms with Gasteiger partial charge in [0, 0.05) is 32.4 Å². The molecule has 2 aromatic rings. The fourth-order valence-electron chi connectivity index (χ4n) is 2.93. The lowest BCUT2D eigenvalue weighted by Gasteiger charge is -2.22. The van der Waals surface area contributed by atoms with E-state index >= 15 is 0 Å². The average Bonchev–Trinajstić information content (AvgIpc) is 2.78. The molecular formula is C16H23N3O. The summed E-state index contributed by atoms with van der Waals surface area (Å²) in [4.78, 5) is 9.34. The first-order valence-corrected chi connectivity index (χ1v) is 7.62. The van der Waals surface area contributed by atoms with Crippen LogP contribution < -0.4 is 0 Å². The molecule has 0 N–H and O–H groups in total. The van der Waals surface area contributed by atoms with E-state index in [9.17, 15) is 0 Å². The predicted molar refractivity (Wildman–Crippen MR) is 79.6 cm³/mol. The van der Waals surface area contributed by atoms with Gasteiger partial charge in [0.05, 0.1) is 0 Å². The van der Waals surface area contributed by atoms with E-state index in [0.29, 0.717) is 11.8 Å². The summed E-state index contributed by atoms with van der Waals surface area (Å²) in [7, 11) is 0. The van der Waals surface area contributed by atoms with E-state index in [4.69, 9.17) is 9.72 Å². The average molecular weight is 273 g/mol. The number of rotatable bonds is 4. The van der Waals surface area contributed by atoms with Crippen molar-refractivity contribution in [2.45, 2.75) is 39.7 Å². The van der Waals surface area contributed by atoms with Crippen LogP contribution in [0.1, 0.15) is 32.5 Å². The van der Waals surface area contributed by atoms with Crippen LogP contribution in [-0.4, -0.2) is 27.7 Å². The quantitative estimate of drug-likeness (QED) is 0.859. The molecule has 0 saturated carbocycles. The molecule has 4 heteroatoms. The van der Waals surface area contributed by atoms with E-state index in [1.165, 1.54) is 5.82 Å². The van der Waals surface area contributed by atoms with Crippen LogP contribution in [0.25, 0.3) is 11.2 Å². The van der Waals surface area contributed by atoms with Gasteiger partial charge in [0.1, 0.15) is 11.3 Å². The highest BCUT2D eigenvalue weighted by Gasteiger charge is 2.19. The fraction of sp³-hybridized carbons (Fsp3) is 0.625. The van der Waals surface area contributed by atoms with Gasteiger partial charge in [-0.3, -0.25) is 0 Å². The number of hydrogen-bond donors (Lipinski definition) is 0. The third kappa shape index (κ3) is 2.85. The second kappa shape index (κ2) is 5.92. The summed E-state index contributed by atoms with van der Waals surface area (Å²) in [6.07, 6.45) is 5.21. The molecule has 0 atom stereocenters. The molecule has 0 unspecified atom stereocenters. The normalized spacial score (nSPS) is 17.1. The molecule has 3 heterocycles. The lowest BCUT2D eigenvalue weighted by atomic mass is 9.96. The van der Waals surface area contributed by atoms with Gasteiger partial charge in [0.25, 0.3) is 0 Å². The van der Waals surface area contributed by atoms with E-state index in [1.807, 2.05) is 12.3 Å². The lowest BCUT2D eigenvalue weighted by molar-refractivity contribution is 0.0657. The van der Waals surface area contributed by atoms with Crippen LogP contribution in [0.2, 0.25) is 0 Å². The predicted octanol–water partition coefficient (Wildman–Crippen LogP) is 3.06. The van der Waals surface area contributed by atoms with Crippen LogP contribution in [0.4, 0.5) is 0 Å². The zero-order valence-electron chi connectivity index (χ0n) is 12.4. The molecule has 0 bridgehead atoms. The molecule has 3 rings (SSSR count). The molecule has 1 fully saturated rings. The highest BCUT2D eigenvalue weighted by atomic mass is 16.5. The van der Waals surface area contributed by atoms with Crippen LogP contribution in [0, 0.1) is 11.8 Å². The van der Waals surface area contributed by atoms with Gasteiger partial charge in [0.15, 0.2) is 5.65 Å². The maximum atomic E-state index is 5.45. The number of pyridine rings is 1. The summed E-state index contributed by atoms with van der Waals surface area (Å²) in [5.74, 6) is 2.49. The summed E-state index contributed by atoms with van der Waals surface area (Å²) in [6.45, 7) is 7.27. The van der Waals surface area contributed by atoms with Crippen molar-refractivity contribution in [3.63, 3.8) is 0 Å². The molecule has 20 heavy (non-hydrogen) atoms. The molecule has 108 valence electrons. The van der Waals surface area contributed by atoms with Crippen molar-refractivity contribution in [2.75, 3.05) is 13.2 Å². The summed E-state index contributed by atoms with van der Waals surface area (Å²) in [6, 6.07) is 4.03. The maximum absolute atomic E-state index is 5.45. The number of hydrogen-bond acceptors (Lipinski definition) is 3. The smallest absolute Gasteiger partial charge is 0.159 e. The van der Waals surface area contributed by atoms with Crippen LogP contribution in [-0.2, 0) is 17.7 Å². The van der Waals surface area contributed by atoms with Crippen molar-refractivity contribution in [3.8, 4) is 0 Å². The molecule has 0 aromatic carbocycles. The van der Waals surface area contributed by atoms with Crippen molar-refractivity contribution >= 4 is 11.2 Å². The highest BCUT2D eigenvalue weighted by Crippen LogP contribution is 2.23. The Kier molecular flexibility index (Phi) is 4.01. The Morgan fingerprint density at radius 3 is 2.90 bits per heavy atom. The first-order chi connectivity index (χ1) is 9.74. The Hall–Kier alpha value is -1.42. The van der Waals surface area contributed by atoms with Gasteiger partial charge in [0.2, 0.25) is 0 Å². The van der Waals surface area contributed by atoms with E-state index in [-0.39, 0.29) is 0 Å². The first-order valence-electron chi connectivity index (χ1n) is 7.62. The van der Waals surface area contributed by atoms with E-state index in [2.05, 4.69) is 29.5 Å². The molecule has 1 saturated heterocycles. The Morgan fingerprint density at radius 2 is 2.15 bits per heavy atom. The maximum Gasteiger partial charge on any atom is 0.159 e.